The summed E-state index contributed by atoms with van der Waals surface area (Å²) in [6, 6.07) is 6.70. The Morgan fingerprint density at radius 2 is 1.80 bits per heavy atom. The van der Waals surface area contributed by atoms with Crippen molar-refractivity contribution in [2.24, 2.45) is 0 Å². The molecule has 0 spiro atoms. The zero-order valence-electron chi connectivity index (χ0n) is 4.89. The van der Waals surface area contributed by atoms with Crippen molar-refractivity contribution in [3.63, 3.8) is 0 Å². The number of rotatable bonds is 1. The van der Waals surface area contributed by atoms with Gasteiger partial charge < -0.3 is 0 Å². The SMILES string of the molecule is Fc1ccccc1P(Br)Br. The first kappa shape index (κ1) is 8.63. The average molecular weight is 286 g/mol. The third-order valence-corrected chi connectivity index (χ3v) is 4.05. The van der Waals surface area contributed by atoms with Crippen LogP contribution in [0.5, 0.6) is 0 Å². The summed E-state index contributed by atoms with van der Waals surface area (Å²) in [7, 11) is 0. The molecule has 0 aliphatic carbocycles. The lowest BCUT2D eigenvalue weighted by Crippen LogP contribution is -1.99. The second kappa shape index (κ2) is 3.80. The molecular formula is C6H4Br2FP. The first-order chi connectivity index (χ1) is 4.72. The minimum atomic E-state index is -0.666. The van der Waals surface area contributed by atoms with Gasteiger partial charge in [-0.1, -0.05) is 12.1 Å². The first-order valence-electron chi connectivity index (χ1n) is 2.58. The summed E-state index contributed by atoms with van der Waals surface area (Å²) >= 11 is 6.55. The van der Waals surface area contributed by atoms with Crippen LogP contribution >= 0.6 is 36.3 Å². The molecule has 0 heterocycles. The van der Waals surface area contributed by atoms with E-state index in [0.717, 1.165) is 0 Å². The van der Waals surface area contributed by atoms with E-state index >= 15 is 0 Å². The van der Waals surface area contributed by atoms with Gasteiger partial charge in [-0.3, -0.25) is 0 Å². The van der Waals surface area contributed by atoms with Gasteiger partial charge in [0.2, 0.25) is 0 Å². The fraction of sp³-hybridized carbons (Fsp3) is 0. The molecule has 4 heteroatoms. The van der Waals surface area contributed by atoms with Gasteiger partial charge in [-0.2, -0.15) is 0 Å². The van der Waals surface area contributed by atoms with Gasteiger partial charge in [0.25, 0.3) is 0 Å². The molecular weight excluding hydrogens is 282 g/mol. The molecule has 0 radical (unpaired) electrons. The van der Waals surface area contributed by atoms with Crippen molar-refractivity contribution >= 4 is 41.6 Å². The van der Waals surface area contributed by atoms with E-state index in [4.69, 9.17) is 0 Å². The van der Waals surface area contributed by atoms with Gasteiger partial charge >= 0.3 is 0 Å². The average Bonchev–Trinajstić information content (AvgIpc) is 1.88. The van der Waals surface area contributed by atoms with Crippen molar-refractivity contribution < 1.29 is 4.39 Å². The van der Waals surface area contributed by atoms with Crippen molar-refractivity contribution in [1.29, 1.82) is 0 Å². The zero-order valence-corrected chi connectivity index (χ0v) is 8.96. The molecule has 0 aromatic heterocycles. The maximum absolute atomic E-state index is 12.8. The predicted molar refractivity (Wildman–Crippen MR) is 50.8 cm³/mol. The molecule has 0 unspecified atom stereocenters. The maximum Gasteiger partial charge on any atom is 0.132 e. The number of hydrogen-bond donors (Lipinski definition) is 0. The van der Waals surface area contributed by atoms with Gasteiger partial charge in [-0.25, -0.2) is 4.39 Å². The zero-order chi connectivity index (χ0) is 7.56. The third-order valence-electron chi connectivity index (χ3n) is 1.03. The molecule has 1 rings (SSSR count). The van der Waals surface area contributed by atoms with Crippen molar-refractivity contribution in [1.82, 2.24) is 0 Å². The Morgan fingerprint density at radius 3 is 2.20 bits per heavy atom. The molecule has 0 atom stereocenters. The molecule has 0 saturated heterocycles. The fourth-order valence-corrected chi connectivity index (χ4v) is 2.75. The lowest BCUT2D eigenvalue weighted by molar-refractivity contribution is 0.636. The quantitative estimate of drug-likeness (QED) is 0.692. The van der Waals surface area contributed by atoms with E-state index in [9.17, 15) is 4.39 Å². The summed E-state index contributed by atoms with van der Waals surface area (Å²) in [6.07, 6.45) is 0. The van der Waals surface area contributed by atoms with Crippen LogP contribution in [0.4, 0.5) is 4.39 Å². The van der Waals surface area contributed by atoms with E-state index in [2.05, 4.69) is 31.0 Å². The van der Waals surface area contributed by atoms with E-state index < -0.39 is 5.33 Å². The monoisotopic (exact) mass is 284 g/mol. The standard InChI is InChI=1S/C6H4Br2FP/c7-10(8)6-4-2-1-3-5(6)9/h1-4H. The van der Waals surface area contributed by atoms with Crippen LogP contribution in [0.1, 0.15) is 0 Å². The Bertz CT molecular complexity index is 227. The van der Waals surface area contributed by atoms with Crippen LogP contribution in [-0.4, -0.2) is 0 Å². The molecule has 0 nitrogen and oxygen atoms in total. The molecule has 0 fully saturated rings. The number of benzene rings is 1. The van der Waals surface area contributed by atoms with Crippen LogP contribution in [-0.2, 0) is 0 Å². The van der Waals surface area contributed by atoms with E-state index in [1.165, 1.54) is 6.07 Å². The molecule has 0 N–H and O–H groups in total. The highest BCUT2D eigenvalue weighted by atomic mass is 79.9. The van der Waals surface area contributed by atoms with Crippen LogP contribution in [0.2, 0.25) is 0 Å². The summed E-state index contributed by atoms with van der Waals surface area (Å²) in [5.41, 5.74) is 0. The molecule has 10 heavy (non-hydrogen) atoms. The molecule has 1 aromatic carbocycles. The molecule has 0 aliphatic heterocycles. The van der Waals surface area contributed by atoms with Gasteiger partial charge in [0.15, 0.2) is 0 Å². The van der Waals surface area contributed by atoms with E-state index in [-0.39, 0.29) is 5.82 Å². The number of halogens is 3. The Kier molecular flexibility index (Phi) is 3.28. The van der Waals surface area contributed by atoms with Crippen LogP contribution in [0.3, 0.4) is 0 Å². The molecule has 54 valence electrons. The molecule has 0 saturated carbocycles. The molecule has 0 bridgehead atoms. The van der Waals surface area contributed by atoms with Gasteiger partial charge in [-0.05, 0) is 43.1 Å². The van der Waals surface area contributed by atoms with Gasteiger partial charge in [0.05, 0.1) is 5.33 Å². The van der Waals surface area contributed by atoms with Gasteiger partial charge in [-0.15, -0.1) is 0 Å². The van der Waals surface area contributed by atoms with E-state index in [1.807, 2.05) is 6.07 Å². The molecule has 0 aliphatic rings. The minimum absolute atomic E-state index is 0.164. The maximum atomic E-state index is 12.8. The van der Waals surface area contributed by atoms with Gasteiger partial charge in [0, 0.05) is 5.30 Å². The highest BCUT2D eigenvalue weighted by Gasteiger charge is 2.06. The summed E-state index contributed by atoms with van der Waals surface area (Å²) in [5, 5.41) is 0.0257. The second-order valence-electron chi connectivity index (χ2n) is 1.68. The summed E-state index contributed by atoms with van der Waals surface area (Å²) in [6.45, 7) is 0. The van der Waals surface area contributed by atoms with Crippen LogP contribution in [0.25, 0.3) is 0 Å². The predicted octanol–water partition coefficient (Wildman–Crippen LogP) is 3.55. The van der Waals surface area contributed by atoms with E-state index in [0.29, 0.717) is 5.30 Å². The smallest absolute Gasteiger partial charge is 0.132 e. The highest BCUT2D eigenvalue weighted by molar-refractivity contribution is 9.70. The van der Waals surface area contributed by atoms with Crippen molar-refractivity contribution in [2.75, 3.05) is 0 Å². The molecule has 0 amide bonds. The Balaban J connectivity index is 3.03. The van der Waals surface area contributed by atoms with Crippen LogP contribution < -0.4 is 5.30 Å². The number of hydrogen-bond acceptors (Lipinski definition) is 0. The van der Waals surface area contributed by atoms with Crippen molar-refractivity contribution in [3.05, 3.63) is 30.1 Å². The summed E-state index contributed by atoms with van der Waals surface area (Å²) in [5.74, 6) is -0.164. The third kappa shape index (κ3) is 2.01. The van der Waals surface area contributed by atoms with Crippen molar-refractivity contribution in [3.8, 4) is 0 Å². The van der Waals surface area contributed by atoms with Crippen LogP contribution in [0.15, 0.2) is 24.3 Å². The minimum Gasteiger partial charge on any atom is -0.206 e. The van der Waals surface area contributed by atoms with Gasteiger partial charge in [0.1, 0.15) is 5.82 Å². The first-order valence-corrected chi connectivity index (χ1v) is 7.96. The highest BCUT2D eigenvalue weighted by Crippen LogP contribution is 2.51. The topological polar surface area (TPSA) is 0 Å². The normalized spacial score (nSPS) is 10.4. The lowest BCUT2D eigenvalue weighted by atomic mass is 10.3. The van der Waals surface area contributed by atoms with Crippen molar-refractivity contribution in [2.45, 2.75) is 0 Å². The molecule has 1 aromatic rings. The lowest BCUT2D eigenvalue weighted by Gasteiger charge is -2.00. The summed E-state index contributed by atoms with van der Waals surface area (Å²) in [4.78, 5) is 0. The Labute approximate surface area is 76.1 Å². The van der Waals surface area contributed by atoms with Crippen LogP contribution in [0, 0.1) is 5.82 Å². The largest absolute Gasteiger partial charge is 0.206 e. The Hall–Kier alpha value is 0.540. The fourth-order valence-electron chi connectivity index (χ4n) is 0.589. The summed E-state index contributed by atoms with van der Waals surface area (Å²) < 4.78 is 12.8. The Morgan fingerprint density at radius 1 is 1.20 bits per heavy atom. The second-order valence-corrected chi connectivity index (χ2v) is 9.74. The van der Waals surface area contributed by atoms with E-state index in [1.54, 1.807) is 12.1 Å².